The molecule has 1 aliphatic carbocycles. The second kappa shape index (κ2) is 6.52. The number of benzene rings is 1. The van der Waals surface area contributed by atoms with Crippen molar-refractivity contribution in [1.29, 1.82) is 0 Å². The number of hydrogen-bond donors (Lipinski definition) is 2. The van der Waals surface area contributed by atoms with E-state index < -0.39 is 11.6 Å². The molecule has 6 heteroatoms. The van der Waals surface area contributed by atoms with Crippen LogP contribution < -0.4 is 10.9 Å². The Kier molecular flexibility index (Phi) is 4.18. The van der Waals surface area contributed by atoms with Gasteiger partial charge in [0, 0.05) is 29.3 Å². The normalized spacial score (nSPS) is 20.3. The van der Waals surface area contributed by atoms with E-state index in [-0.39, 0.29) is 17.5 Å². The fourth-order valence-electron chi connectivity index (χ4n) is 3.33. The summed E-state index contributed by atoms with van der Waals surface area (Å²) in [6.45, 7) is 0. The van der Waals surface area contributed by atoms with Gasteiger partial charge in [0.15, 0.2) is 11.6 Å². The maximum absolute atomic E-state index is 13.7. The van der Waals surface area contributed by atoms with Crippen LogP contribution in [0.3, 0.4) is 0 Å². The number of hydrogen-bond acceptors (Lipinski definition) is 2. The third-order valence-electron chi connectivity index (χ3n) is 4.87. The quantitative estimate of drug-likeness (QED) is 0.883. The topological polar surface area (TPSA) is 62.0 Å². The van der Waals surface area contributed by atoms with Crippen molar-refractivity contribution in [2.75, 3.05) is 0 Å². The molecule has 1 saturated carbocycles. The van der Waals surface area contributed by atoms with Crippen LogP contribution in [-0.2, 0) is 4.79 Å². The monoisotopic (exact) mass is 356 g/mol. The highest BCUT2D eigenvalue weighted by molar-refractivity contribution is 5.82. The molecule has 2 fully saturated rings. The van der Waals surface area contributed by atoms with Gasteiger partial charge in [-0.2, -0.15) is 0 Å². The average molecular weight is 356 g/mol. The van der Waals surface area contributed by atoms with E-state index in [1.807, 2.05) is 0 Å². The standard InChI is InChI=1S/C20H18F2N2O2/c21-16-6-3-12(9-17(16)22)15(10-13-4-8-19(25)23-13)18-7-5-14(11-1-2-11)20(26)24-18/h3,5-7,9-11,13H,1-2,4,8H2,(H,23,25)(H,24,26)/b15-10-/t13-/m1/s1. The Labute approximate surface area is 148 Å². The molecule has 1 amide bonds. The lowest BCUT2D eigenvalue weighted by Crippen LogP contribution is -2.23. The first-order chi connectivity index (χ1) is 12.5. The fourth-order valence-corrected chi connectivity index (χ4v) is 3.33. The van der Waals surface area contributed by atoms with Crippen LogP contribution in [0.5, 0.6) is 0 Å². The van der Waals surface area contributed by atoms with Gasteiger partial charge in [-0.15, -0.1) is 0 Å². The van der Waals surface area contributed by atoms with Crippen molar-refractivity contribution in [3.8, 4) is 0 Å². The molecule has 1 aromatic carbocycles. The van der Waals surface area contributed by atoms with Crippen LogP contribution in [0.1, 0.15) is 48.4 Å². The number of H-pyrrole nitrogens is 1. The summed E-state index contributed by atoms with van der Waals surface area (Å²) in [6.07, 6.45) is 4.87. The Morgan fingerprint density at radius 2 is 1.85 bits per heavy atom. The number of aromatic amines is 1. The Hall–Kier alpha value is -2.76. The van der Waals surface area contributed by atoms with Crippen LogP contribution in [0.4, 0.5) is 8.78 Å². The third-order valence-corrected chi connectivity index (χ3v) is 4.87. The molecule has 2 aromatic rings. The summed E-state index contributed by atoms with van der Waals surface area (Å²) in [5.41, 5.74) is 2.13. The second-order valence-corrected chi connectivity index (χ2v) is 6.85. The smallest absolute Gasteiger partial charge is 0.251 e. The molecule has 0 radical (unpaired) electrons. The van der Waals surface area contributed by atoms with Gasteiger partial charge in [0.25, 0.3) is 5.56 Å². The zero-order valence-electron chi connectivity index (χ0n) is 14.0. The predicted octanol–water partition coefficient (Wildman–Crippen LogP) is 3.24. The van der Waals surface area contributed by atoms with Gasteiger partial charge in [-0.25, -0.2) is 8.78 Å². The van der Waals surface area contributed by atoms with Crippen LogP contribution in [0.2, 0.25) is 0 Å². The molecule has 4 rings (SSSR count). The minimum absolute atomic E-state index is 0.0477. The summed E-state index contributed by atoms with van der Waals surface area (Å²) >= 11 is 0. The van der Waals surface area contributed by atoms with Crippen LogP contribution in [0.15, 0.2) is 41.2 Å². The molecular weight excluding hydrogens is 338 g/mol. The zero-order chi connectivity index (χ0) is 18.3. The Morgan fingerprint density at radius 1 is 1.04 bits per heavy atom. The zero-order valence-corrected chi connectivity index (χ0v) is 14.0. The Morgan fingerprint density at radius 3 is 2.46 bits per heavy atom. The average Bonchev–Trinajstić information content (AvgIpc) is 3.37. The van der Waals surface area contributed by atoms with E-state index in [0.29, 0.717) is 35.6 Å². The third kappa shape index (κ3) is 3.31. The van der Waals surface area contributed by atoms with Crippen molar-refractivity contribution in [1.82, 2.24) is 10.3 Å². The molecule has 1 aromatic heterocycles. The van der Waals surface area contributed by atoms with Crippen molar-refractivity contribution in [2.24, 2.45) is 0 Å². The second-order valence-electron chi connectivity index (χ2n) is 6.85. The largest absolute Gasteiger partial charge is 0.350 e. The van der Waals surface area contributed by atoms with Crippen molar-refractivity contribution in [3.05, 3.63) is 75.2 Å². The van der Waals surface area contributed by atoms with Crippen molar-refractivity contribution in [3.63, 3.8) is 0 Å². The Bertz CT molecular complexity index is 961. The van der Waals surface area contributed by atoms with Crippen molar-refractivity contribution >= 4 is 11.5 Å². The number of aromatic nitrogens is 1. The van der Waals surface area contributed by atoms with Gasteiger partial charge in [0.2, 0.25) is 5.91 Å². The van der Waals surface area contributed by atoms with E-state index >= 15 is 0 Å². The van der Waals surface area contributed by atoms with Crippen LogP contribution in [0.25, 0.3) is 5.57 Å². The van der Waals surface area contributed by atoms with E-state index in [2.05, 4.69) is 10.3 Å². The number of halogens is 2. The minimum atomic E-state index is -0.958. The maximum atomic E-state index is 13.7. The molecule has 2 aliphatic rings. The van der Waals surface area contributed by atoms with Gasteiger partial charge in [-0.3, -0.25) is 9.59 Å². The number of carbonyl (C=O) groups is 1. The summed E-state index contributed by atoms with van der Waals surface area (Å²) in [5.74, 6) is -1.62. The molecule has 1 aliphatic heterocycles. The first-order valence-electron chi connectivity index (χ1n) is 8.71. The molecule has 1 saturated heterocycles. The minimum Gasteiger partial charge on any atom is -0.350 e. The molecule has 2 heterocycles. The van der Waals surface area contributed by atoms with Crippen molar-refractivity contribution < 1.29 is 13.6 Å². The van der Waals surface area contributed by atoms with Gasteiger partial charge in [0.05, 0.1) is 0 Å². The molecule has 2 N–H and O–H groups in total. The first-order valence-corrected chi connectivity index (χ1v) is 8.71. The molecular formula is C20H18F2N2O2. The molecule has 134 valence electrons. The van der Waals surface area contributed by atoms with E-state index in [4.69, 9.17) is 0 Å². The lowest BCUT2D eigenvalue weighted by molar-refractivity contribution is -0.119. The number of rotatable bonds is 4. The highest BCUT2D eigenvalue weighted by atomic mass is 19.2. The summed E-state index contributed by atoms with van der Waals surface area (Å²) in [4.78, 5) is 26.7. The first kappa shape index (κ1) is 16.7. The van der Waals surface area contributed by atoms with E-state index in [0.717, 1.165) is 30.5 Å². The highest BCUT2D eigenvalue weighted by Crippen LogP contribution is 2.38. The predicted molar refractivity (Wildman–Crippen MR) is 93.6 cm³/mol. The maximum Gasteiger partial charge on any atom is 0.251 e. The van der Waals surface area contributed by atoms with Gasteiger partial charge in [-0.1, -0.05) is 18.2 Å². The van der Waals surface area contributed by atoms with Crippen LogP contribution in [0, 0.1) is 11.6 Å². The van der Waals surface area contributed by atoms with Gasteiger partial charge in [0.1, 0.15) is 0 Å². The highest BCUT2D eigenvalue weighted by Gasteiger charge is 2.26. The van der Waals surface area contributed by atoms with E-state index in [9.17, 15) is 18.4 Å². The lowest BCUT2D eigenvalue weighted by Gasteiger charge is -2.13. The number of carbonyl (C=O) groups excluding carboxylic acids is 1. The SMILES string of the molecule is O=C1CC[C@H](/C=C(/c2ccc(F)c(F)c2)c2ccc(C3CC3)c(=O)[nH]2)N1. The summed E-state index contributed by atoms with van der Waals surface area (Å²) < 4.78 is 27.1. The van der Waals surface area contributed by atoms with Crippen molar-refractivity contribution in [2.45, 2.75) is 37.6 Å². The molecule has 0 spiro atoms. The Balaban J connectivity index is 1.78. The molecule has 26 heavy (non-hydrogen) atoms. The molecule has 1 atom stereocenters. The van der Waals surface area contributed by atoms with Gasteiger partial charge < -0.3 is 10.3 Å². The molecule has 0 unspecified atom stereocenters. The number of pyridine rings is 1. The van der Waals surface area contributed by atoms with Crippen LogP contribution >= 0.6 is 0 Å². The van der Waals surface area contributed by atoms with E-state index in [1.54, 1.807) is 18.2 Å². The summed E-state index contributed by atoms with van der Waals surface area (Å²) in [5, 5.41) is 2.83. The van der Waals surface area contributed by atoms with Gasteiger partial charge >= 0.3 is 0 Å². The molecule has 0 bridgehead atoms. The van der Waals surface area contributed by atoms with Crippen LogP contribution in [-0.4, -0.2) is 16.9 Å². The number of nitrogens with one attached hydrogen (secondary N) is 2. The summed E-state index contributed by atoms with van der Waals surface area (Å²) in [7, 11) is 0. The van der Waals surface area contributed by atoms with Gasteiger partial charge in [-0.05, 0) is 48.9 Å². The lowest BCUT2D eigenvalue weighted by atomic mass is 9.98. The fraction of sp³-hybridized carbons (Fsp3) is 0.300. The molecule has 4 nitrogen and oxygen atoms in total. The summed E-state index contributed by atoms with van der Waals surface area (Å²) in [6, 6.07) is 7.00. The number of amides is 1. The van der Waals surface area contributed by atoms with E-state index in [1.165, 1.54) is 6.07 Å².